The van der Waals surface area contributed by atoms with Gasteiger partial charge in [-0.1, -0.05) is 48.2 Å². The van der Waals surface area contributed by atoms with E-state index in [1.807, 2.05) is 36.4 Å². The van der Waals surface area contributed by atoms with Crippen LogP contribution < -0.4 is 10.2 Å². The Kier molecular flexibility index (Phi) is 6.15. The molecule has 7 nitrogen and oxygen atoms in total. The van der Waals surface area contributed by atoms with Crippen molar-refractivity contribution in [1.29, 1.82) is 0 Å². The first-order valence-electron chi connectivity index (χ1n) is 10.2. The number of rotatable bonds is 5. The fraction of sp³-hybridized carbons (Fsp3) is 0.0417. The third kappa shape index (κ3) is 4.59. The summed E-state index contributed by atoms with van der Waals surface area (Å²) in [5.74, 6) is -1.03. The van der Waals surface area contributed by atoms with E-state index in [9.17, 15) is 14.0 Å². The Morgan fingerprint density at radius 2 is 1.82 bits per heavy atom. The van der Waals surface area contributed by atoms with E-state index in [0.29, 0.717) is 27.6 Å². The lowest BCUT2D eigenvalue weighted by Gasteiger charge is -2.17. The van der Waals surface area contributed by atoms with E-state index >= 15 is 0 Å². The number of amidine groups is 1. The summed E-state index contributed by atoms with van der Waals surface area (Å²) in [6, 6.07) is 20.3. The van der Waals surface area contributed by atoms with Gasteiger partial charge in [0.1, 0.15) is 22.5 Å². The number of halogens is 1. The zero-order chi connectivity index (χ0) is 23.5. The molecule has 2 heterocycles. The molecule has 3 aromatic carbocycles. The van der Waals surface area contributed by atoms with Crippen molar-refractivity contribution in [3.8, 4) is 0 Å². The van der Waals surface area contributed by atoms with E-state index in [0.717, 1.165) is 29.1 Å². The lowest BCUT2D eigenvalue weighted by Crippen LogP contribution is -2.31. The molecular weight excluding hydrogens is 473 g/mol. The second kappa shape index (κ2) is 9.54. The van der Waals surface area contributed by atoms with Crippen molar-refractivity contribution in [2.45, 2.75) is 0 Å². The van der Waals surface area contributed by atoms with Gasteiger partial charge in [0.2, 0.25) is 5.91 Å². The zero-order valence-electron chi connectivity index (χ0n) is 17.5. The van der Waals surface area contributed by atoms with Crippen LogP contribution in [0.3, 0.4) is 0 Å². The van der Waals surface area contributed by atoms with E-state index in [1.165, 1.54) is 29.2 Å². The predicted octanol–water partition coefficient (Wildman–Crippen LogP) is 4.95. The molecule has 5 rings (SSSR count). The number of nitrogens with zero attached hydrogens (tertiary/aromatic N) is 4. The number of aliphatic imine (C=N–C) groups is 1. The van der Waals surface area contributed by atoms with Crippen LogP contribution in [0.4, 0.5) is 15.8 Å². The average Bonchev–Trinajstić information content (AvgIpc) is 3.45. The molecular formula is C24H16FN5O2S2. The first kappa shape index (κ1) is 21.9. The molecule has 1 aromatic heterocycles. The van der Waals surface area contributed by atoms with Crippen molar-refractivity contribution in [3.63, 3.8) is 0 Å². The van der Waals surface area contributed by atoms with Gasteiger partial charge in [-0.2, -0.15) is 8.75 Å². The molecule has 0 atom stereocenters. The second-order valence-corrected chi connectivity index (χ2v) is 8.70. The van der Waals surface area contributed by atoms with E-state index in [2.05, 4.69) is 19.1 Å². The molecule has 0 unspecified atom stereocenters. The molecule has 0 spiro atoms. The Bertz CT molecular complexity index is 1430. The highest BCUT2D eigenvalue weighted by molar-refractivity contribution is 8.14. The normalized spacial score (nSPS) is 14.6. The zero-order valence-corrected chi connectivity index (χ0v) is 19.1. The second-order valence-electron chi connectivity index (χ2n) is 7.23. The number of amides is 2. The molecule has 1 aliphatic rings. The van der Waals surface area contributed by atoms with Crippen LogP contribution in [0.25, 0.3) is 17.1 Å². The minimum absolute atomic E-state index is 0.0103. The van der Waals surface area contributed by atoms with Crippen molar-refractivity contribution >= 4 is 69.0 Å². The fourth-order valence-electron chi connectivity index (χ4n) is 3.34. The van der Waals surface area contributed by atoms with Gasteiger partial charge in [-0.25, -0.2) is 9.38 Å². The number of hydrogen-bond acceptors (Lipinski definition) is 7. The third-order valence-corrected chi connectivity index (χ3v) is 6.39. The Morgan fingerprint density at radius 1 is 1.03 bits per heavy atom. The molecule has 0 saturated heterocycles. The van der Waals surface area contributed by atoms with E-state index < -0.39 is 5.82 Å². The highest BCUT2D eigenvalue weighted by Crippen LogP contribution is 2.30. The summed E-state index contributed by atoms with van der Waals surface area (Å²) in [5.41, 5.74) is 3.42. The van der Waals surface area contributed by atoms with Crippen LogP contribution in [0, 0.1) is 5.82 Å². The maximum Gasteiger partial charge on any atom is 0.283 e. The van der Waals surface area contributed by atoms with Crippen LogP contribution in [0.15, 0.2) is 83.5 Å². The maximum absolute atomic E-state index is 13.5. The van der Waals surface area contributed by atoms with Gasteiger partial charge in [0.05, 0.1) is 28.9 Å². The summed E-state index contributed by atoms with van der Waals surface area (Å²) in [6.07, 6.45) is 1.68. The van der Waals surface area contributed by atoms with E-state index in [1.54, 1.807) is 18.2 Å². The number of thioether (sulfide) groups is 1. The third-order valence-electron chi connectivity index (χ3n) is 4.91. The molecule has 34 heavy (non-hydrogen) atoms. The molecule has 0 bridgehead atoms. The number of carbonyl (C=O) groups excluding carboxylic acids is 2. The van der Waals surface area contributed by atoms with Gasteiger partial charge >= 0.3 is 0 Å². The SMILES string of the molecule is O=C(CSC1=N/C(=C\c2ccccc2)C(=O)N1c1ccc(F)cc1)Nc1cccc2nsnc12. The van der Waals surface area contributed by atoms with Gasteiger partial charge in [-0.05, 0) is 48.0 Å². The van der Waals surface area contributed by atoms with E-state index in [-0.39, 0.29) is 23.3 Å². The molecule has 4 aromatic rings. The van der Waals surface area contributed by atoms with Gasteiger partial charge < -0.3 is 5.32 Å². The van der Waals surface area contributed by atoms with Gasteiger partial charge in [0.25, 0.3) is 5.91 Å². The molecule has 2 amide bonds. The minimum atomic E-state index is -0.410. The molecule has 10 heteroatoms. The number of anilines is 2. The lowest BCUT2D eigenvalue weighted by molar-refractivity contribution is -0.114. The number of fused-ring (bicyclic) bond motifs is 1. The highest BCUT2D eigenvalue weighted by atomic mass is 32.2. The molecule has 0 radical (unpaired) electrons. The van der Waals surface area contributed by atoms with Crippen molar-refractivity contribution in [3.05, 3.63) is 89.9 Å². The van der Waals surface area contributed by atoms with Crippen LogP contribution >= 0.6 is 23.5 Å². The van der Waals surface area contributed by atoms with Gasteiger partial charge in [-0.15, -0.1) is 0 Å². The molecule has 0 aliphatic carbocycles. The summed E-state index contributed by atoms with van der Waals surface area (Å²) in [4.78, 5) is 31.7. The Morgan fingerprint density at radius 3 is 2.62 bits per heavy atom. The van der Waals surface area contributed by atoms with Gasteiger partial charge in [0, 0.05) is 0 Å². The number of aromatic nitrogens is 2. The summed E-state index contributed by atoms with van der Waals surface area (Å²) < 4.78 is 21.9. The first-order valence-corrected chi connectivity index (χ1v) is 11.9. The van der Waals surface area contributed by atoms with Crippen LogP contribution in [0.1, 0.15) is 5.56 Å². The summed E-state index contributed by atoms with van der Waals surface area (Å²) in [5, 5.41) is 3.18. The maximum atomic E-state index is 13.5. The number of nitrogens with one attached hydrogen (secondary N) is 1. The number of benzene rings is 3. The fourth-order valence-corrected chi connectivity index (χ4v) is 4.70. The molecule has 0 fully saturated rings. The monoisotopic (exact) mass is 489 g/mol. The van der Waals surface area contributed by atoms with Crippen molar-refractivity contribution in [2.75, 3.05) is 16.0 Å². The van der Waals surface area contributed by atoms with Crippen molar-refractivity contribution < 1.29 is 14.0 Å². The highest BCUT2D eigenvalue weighted by Gasteiger charge is 2.32. The molecule has 1 N–H and O–H groups in total. The standard InChI is InChI=1S/C24H16FN5O2S2/c25-16-9-11-17(12-10-16)30-23(32)20(13-15-5-2-1-3-6-15)27-24(30)33-14-21(31)26-18-7-4-8-19-22(18)29-34-28-19/h1-13H,14H2,(H,26,31)/b20-13-. The van der Waals surface area contributed by atoms with Crippen LogP contribution in [-0.4, -0.2) is 31.5 Å². The lowest BCUT2D eigenvalue weighted by atomic mass is 10.2. The Hall–Kier alpha value is -3.89. The Labute approximate surface area is 202 Å². The molecule has 168 valence electrons. The van der Waals surface area contributed by atoms with Crippen LogP contribution in [0.2, 0.25) is 0 Å². The summed E-state index contributed by atoms with van der Waals surface area (Å²) in [6.45, 7) is 0. The first-order chi connectivity index (χ1) is 16.6. The Balaban J connectivity index is 1.38. The topological polar surface area (TPSA) is 87.5 Å². The van der Waals surface area contributed by atoms with Crippen LogP contribution in [-0.2, 0) is 9.59 Å². The van der Waals surface area contributed by atoms with Gasteiger partial charge in [0.15, 0.2) is 5.17 Å². The van der Waals surface area contributed by atoms with Crippen molar-refractivity contribution in [2.24, 2.45) is 4.99 Å². The molecule has 1 aliphatic heterocycles. The largest absolute Gasteiger partial charge is 0.323 e. The average molecular weight is 490 g/mol. The molecule has 0 saturated carbocycles. The summed E-state index contributed by atoms with van der Waals surface area (Å²) >= 11 is 2.19. The smallest absolute Gasteiger partial charge is 0.283 e. The number of hydrogen-bond donors (Lipinski definition) is 1. The quantitative estimate of drug-likeness (QED) is 0.401. The van der Waals surface area contributed by atoms with Gasteiger partial charge in [-0.3, -0.25) is 14.5 Å². The number of carbonyl (C=O) groups is 2. The van der Waals surface area contributed by atoms with Crippen LogP contribution in [0.5, 0.6) is 0 Å². The van der Waals surface area contributed by atoms with Crippen molar-refractivity contribution in [1.82, 2.24) is 8.75 Å². The van der Waals surface area contributed by atoms with E-state index in [4.69, 9.17) is 0 Å². The minimum Gasteiger partial charge on any atom is -0.323 e. The predicted molar refractivity (Wildman–Crippen MR) is 134 cm³/mol. The summed E-state index contributed by atoms with van der Waals surface area (Å²) in [7, 11) is 0.